The average molecular weight is 116 g/mol. The molecule has 2 heteroatoms. The highest BCUT2D eigenvalue weighted by Gasteiger charge is 1.94. The molecule has 41 valence electrons. The molecule has 1 fully saturated rings. The molecule has 1 rings (SSSR count). The minimum Gasteiger partial charge on any atom is -0.316 e. The molecule has 0 saturated carbocycles. The summed E-state index contributed by atoms with van der Waals surface area (Å²) in [6.07, 6.45) is 1.32. The molecule has 0 aromatic carbocycles. The van der Waals surface area contributed by atoms with Crippen LogP contribution in [0.4, 0.5) is 0 Å². The van der Waals surface area contributed by atoms with Crippen molar-refractivity contribution in [2.45, 2.75) is 6.42 Å². The Balaban J connectivity index is 2.04. The van der Waals surface area contributed by atoms with Crippen LogP contribution in [0.15, 0.2) is 0 Å². The van der Waals surface area contributed by atoms with Gasteiger partial charge in [-0.05, 0) is 18.7 Å². The van der Waals surface area contributed by atoms with Crippen LogP contribution in [0.3, 0.4) is 0 Å². The molecule has 0 aromatic rings. The van der Waals surface area contributed by atoms with Gasteiger partial charge in [0.1, 0.15) is 0 Å². The quantitative estimate of drug-likeness (QED) is 0.504. The van der Waals surface area contributed by atoms with Crippen molar-refractivity contribution in [1.82, 2.24) is 5.32 Å². The second-order valence-electron chi connectivity index (χ2n) is 1.60. The van der Waals surface area contributed by atoms with E-state index in [0.29, 0.717) is 0 Å². The summed E-state index contributed by atoms with van der Waals surface area (Å²) in [4.78, 5) is 0. The summed E-state index contributed by atoms with van der Waals surface area (Å²) in [5, 5.41) is 3.27. The van der Waals surface area contributed by atoms with Crippen LogP contribution in [0.25, 0.3) is 0 Å². The summed E-state index contributed by atoms with van der Waals surface area (Å²) in [7, 11) is 0. The Labute approximate surface area is 48.9 Å². The fraction of sp³-hybridized carbons (Fsp3) is 0.800. The molecular formula is C5H10NS. The first-order valence-electron chi connectivity index (χ1n) is 2.64. The predicted octanol–water partition coefficient (Wildman–Crippen LogP) is 0.875. The fourth-order valence-electron chi connectivity index (χ4n) is 0.584. The molecule has 0 bridgehead atoms. The van der Waals surface area contributed by atoms with Crippen LogP contribution in [-0.2, 0) is 0 Å². The summed E-state index contributed by atoms with van der Waals surface area (Å²) in [5.74, 6) is 3.53. The van der Waals surface area contributed by atoms with Gasteiger partial charge in [-0.2, -0.15) is 11.8 Å². The second-order valence-corrected chi connectivity index (χ2v) is 2.67. The molecule has 0 unspecified atom stereocenters. The van der Waals surface area contributed by atoms with Crippen LogP contribution in [0, 0.1) is 5.75 Å². The van der Waals surface area contributed by atoms with Gasteiger partial charge in [0.15, 0.2) is 0 Å². The molecule has 1 N–H and O–H groups in total. The molecule has 0 aliphatic carbocycles. The summed E-state index contributed by atoms with van der Waals surface area (Å²) in [6.45, 7) is 2.29. The zero-order valence-electron chi connectivity index (χ0n) is 4.31. The first-order valence-corrected chi connectivity index (χ1v) is 3.69. The van der Waals surface area contributed by atoms with Crippen molar-refractivity contribution in [3.8, 4) is 0 Å². The van der Waals surface area contributed by atoms with E-state index in [-0.39, 0.29) is 0 Å². The van der Waals surface area contributed by atoms with Gasteiger partial charge in [-0.3, -0.25) is 0 Å². The van der Waals surface area contributed by atoms with E-state index in [2.05, 4.69) is 11.1 Å². The minimum atomic E-state index is 1.09. The third kappa shape index (κ3) is 2.19. The second kappa shape index (κ2) is 3.33. The Kier molecular flexibility index (Phi) is 2.59. The van der Waals surface area contributed by atoms with Gasteiger partial charge in [0, 0.05) is 12.3 Å². The molecule has 7 heavy (non-hydrogen) atoms. The van der Waals surface area contributed by atoms with Gasteiger partial charge >= 0.3 is 0 Å². The van der Waals surface area contributed by atoms with Crippen molar-refractivity contribution in [1.29, 1.82) is 0 Å². The number of hydrogen-bond acceptors (Lipinski definition) is 2. The predicted molar refractivity (Wildman–Crippen MR) is 34.2 cm³/mol. The first kappa shape index (κ1) is 5.45. The van der Waals surface area contributed by atoms with Crippen LogP contribution in [0.1, 0.15) is 6.42 Å². The highest BCUT2D eigenvalue weighted by atomic mass is 32.2. The molecule has 1 nitrogen and oxygen atoms in total. The molecule has 0 spiro atoms. The van der Waals surface area contributed by atoms with Crippen molar-refractivity contribution in [2.24, 2.45) is 0 Å². The minimum absolute atomic E-state index is 1.09. The van der Waals surface area contributed by atoms with Crippen molar-refractivity contribution in [3.05, 3.63) is 5.75 Å². The summed E-state index contributed by atoms with van der Waals surface area (Å²) in [5.41, 5.74) is 0. The summed E-state index contributed by atoms with van der Waals surface area (Å²) in [6, 6.07) is 0. The molecule has 1 radical (unpaired) electrons. The third-order valence-corrected chi connectivity index (χ3v) is 1.89. The van der Waals surface area contributed by atoms with E-state index in [1.165, 1.54) is 18.7 Å². The highest BCUT2D eigenvalue weighted by Crippen LogP contribution is 2.07. The molecule has 0 atom stereocenters. The van der Waals surface area contributed by atoms with Gasteiger partial charge < -0.3 is 5.32 Å². The first-order chi connectivity index (χ1) is 3.50. The zero-order chi connectivity index (χ0) is 4.95. The highest BCUT2D eigenvalue weighted by molar-refractivity contribution is 8.01. The van der Waals surface area contributed by atoms with Crippen molar-refractivity contribution < 1.29 is 0 Å². The molecule has 0 amide bonds. The normalized spacial score (nSPS) is 24.0. The van der Waals surface area contributed by atoms with Crippen molar-refractivity contribution >= 4 is 11.8 Å². The SMILES string of the molecule is [CH]1CNCCCS1. The van der Waals surface area contributed by atoms with E-state index in [9.17, 15) is 0 Å². The number of rotatable bonds is 0. The van der Waals surface area contributed by atoms with E-state index in [0.717, 1.165) is 6.54 Å². The standard InChI is InChI=1S/C5H10NS/c1-2-6-3-5-7-4-1/h5-6H,1-4H2. The summed E-state index contributed by atoms with van der Waals surface area (Å²) < 4.78 is 0. The Hall–Kier alpha value is 0.310. The maximum atomic E-state index is 3.27. The van der Waals surface area contributed by atoms with Crippen LogP contribution >= 0.6 is 11.8 Å². The van der Waals surface area contributed by atoms with E-state index in [4.69, 9.17) is 0 Å². The van der Waals surface area contributed by atoms with Crippen LogP contribution < -0.4 is 5.32 Å². The molecular weight excluding hydrogens is 106 g/mol. The molecule has 0 aromatic heterocycles. The van der Waals surface area contributed by atoms with Gasteiger partial charge in [0.25, 0.3) is 0 Å². The fourth-order valence-corrected chi connectivity index (χ4v) is 1.30. The van der Waals surface area contributed by atoms with Gasteiger partial charge in [-0.15, -0.1) is 0 Å². The molecule has 1 aliphatic rings. The van der Waals surface area contributed by atoms with Crippen LogP contribution in [-0.4, -0.2) is 18.8 Å². The molecule has 1 saturated heterocycles. The van der Waals surface area contributed by atoms with Gasteiger partial charge in [0.2, 0.25) is 0 Å². The van der Waals surface area contributed by atoms with Gasteiger partial charge in [-0.1, -0.05) is 0 Å². The van der Waals surface area contributed by atoms with E-state index in [1.807, 2.05) is 11.8 Å². The molecule has 1 heterocycles. The van der Waals surface area contributed by atoms with E-state index in [1.54, 1.807) is 0 Å². The third-order valence-electron chi connectivity index (χ3n) is 0.961. The molecule has 1 aliphatic heterocycles. The van der Waals surface area contributed by atoms with Gasteiger partial charge in [0.05, 0.1) is 0 Å². The maximum Gasteiger partial charge on any atom is 0.0303 e. The lowest BCUT2D eigenvalue weighted by molar-refractivity contribution is 0.739. The maximum absolute atomic E-state index is 3.27. The Bertz CT molecular complexity index is 27.7. The van der Waals surface area contributed by atoms with Gasteiger partial charge in [-0.25, -0.2) is 0 Å². The van der Waals surface area contributed by atoms with E-state index >= 15 is 0 Å². The topological polar surface area (TPSA) is 12.0 Å². The van der Waals surface area contributed by atoms with Crippen molar-refractivity contribution in [2.75, 3.05) is 18.8 Å². The lowest BCUT2D eigenvalue weighted by Gasteiger charge is -1.90. The zero-order valence-corrected chi connectivity index (χ0v) is 5.13. The van der Waals surface area contributed by atoms with Crippen LogP contribution in [0.5, 0.6) is 0 Å². The number of nitrogens with one attached hydrogen (secondary N) is 1. The van der Waals surface area contributed by atoms with E-state index < -0.39 is 0 Å². The van der Waals surface area contributed by atoms with Crippen LogP contribution in [0.2, 0.25) is 0 Å². The Morgan fingerprint density at radius 2 is 2.57 bits per heavy atom. The number of hydrogen-bond donors (Lipinski definition) is 1. The van der Waals surface area contributed by atoms with Crippen molar-refractivity contribution in [3.63, 3.8) is 0 Å². The summed E-state index contributed by atoms with van der Waals surface area (Å²) >= 11 is 1.93. The smallest absolute Gasteiger partial charge is 0.0303 e. The monoisotopic (exact) mass is 116 g/mol. The Morgan fingerprint density at radius 3 is 3.57 bits per heavy atom. The number of thioether (sulfide) groups is 1. The largest absolute Gasteiger partial charge is 0.316 e. The average Bonchev–Trinajstić information content (AvgIpc) is 1.90. The lowest BCUT2D eigenvalue weighted by Crippen LogP contribution is -2.13. The lowest BCUT2D eigenvalue weighted by atomic mass is 10.5. The Morgan fingerprint density at radius 1 is 1.57 bits per heavy atom.